The lowest BCUT2D eigenvalue weighted by atomic mass is 10.1. The van der Waals surface area contributed by atoms with E-state index in [0.717, 1.165) is 33.8 Å². The van der Waals surface area contributed by atoms with Crippen molar-refractivity contribution >= 4 is 39.4 Å². The van der Waals surface area contributed by atoms with Gasteiger partial charge in [-0.25, -0.2) is 13.8 Å². The van der Waals surface area contributed by atoms with Crippen LogP contribution >= 0.6 is 11.6 Å². The minimum absolute atomic E-state index is 0.00811. The minimum Gasteiger partial charge on any atom is -0.318 e. The number of hydrogen-bond donors (Lipinski definition) is 1. The Morgan fingerprint density at radius 1 is 0.886 bits per heavy atom. The number of carbonyl (C=O) groups is 1. The predicted octanol–water partition coefficient (Wildman–Crippen LogP) is 7.52. The molecule has 0 aliphatic carbocycles. The van der Waals surface area contributed by atoms with E-state index in [-0.39, 0.29) is 22.7 Å². The summed E-state index contributed by atoms with van der Waals surface area (Å²) < 4.78 is 31.5. The zero-order valence-corrected chi connectivity index (χ0v) is 26.5. The van der Waals surface area contributed by atoms with Crippen LogP contribution in [0.15, 0.2) is 113 Å². The molecular formula is C35H33ClN4O3S. The van der Waals surface area contributed by atoms with Crippen molar-refractivity contribution in [2.45, 2.75) is 39.1 Å². The number of carbonyl (C=O) groups excluding carboxylic acids is 1. The first-order valence-corrected chi connectivity index (χ1v) is 15.9. The molecule has 4 aromatic carbocycles. The average Bonchev–Trinajstić information content (AvgIpc) is 3.29. The van der Waals surface area contributed by atoms with Crippen molar-refractivity contribution in [3.63, 3.8) is 0 Å². The second kappa shape index (κ2) is 12.9. The van der Waals surface area contributed by atoms with E-state index < -0.39 is 15.9 Å². The molecule has 0 saturated heterocycles. The molecule has 0 atom stereocenters. The van der Waals surface area contributed by atoms with E-state index in [1.807, 2.05) is 39.0 Å². The maximum Gasteiger partial charge on any atom is 0.273 e. The molecule has 1 N–H and O–H groups in total. The Kier molecular flexibility index (Phi) is 9.04. The van der Waals surface area contributed by atoms with Gasteiger partial charge in [0.05, 0.1) is 28.9 Å². The van der Waals surface area contributed by atoms with E-state index in [0.29, 0.717) is 10.6 Å². The molecule has 9 heteroatoms. The van der Waals surface area contributed by atoms with Crippen LogP contribution in [0.5, 0.6) is 0 Å². The van der Waals surface area contributed by atoms with Crippen molar-refractivity contribution in [3.8, 4) is 5.69 Å². The number of nitrogens with zero attached hydrogens (tertiary/aromatic N) is 3. The molecule has 0 spiro atoms. The van der Waals surface area contributed by atoms with Crippen molar-refractivity contribution < 1.29 is 13.2 Å². The molecule has 5 rings (SSSR count). The Morgan fingerprint density at radius 2 is 1.55 bits per heavy atom. The van der Waals surface area contributed by atoms with Gasteiger partial charge < -0.3 is 4.57 Å². The first-order chi connectivity index (χ1) is 21.1. The lowest BCUT2D eigenvalue weighted by Gasteiger charge is -2.26. The van der Waals surface area contributed by atoms with E-state index in [1.54, 1.807) is 79.0 Å². The Morgan fingerprint density at radius 3 is 2.25 bits per heavy atom. The zero-order chi connectivity index (χ0) is 31.4. The van der Waals surface area contributed by atoms with Crippen molar-refractivity contribution in [3.05, 3.63) is 147 Å². The van der Waals surface area contributed by atoms with Crippen molar-refractivity contribution in [2.75, 3.05) is 4.31 Å². The normalized spacial score (nSPS) is 11.6. The molecule has 0 fully saturated rings. The van der Waals surface area contributed by atoms with E-state index in [9.17, 15) is 13.2 Å². The second-order valence-corrected chi connectivity index (χ2v) is 12.9. The highest BCUT2D eigenvalue weighted by Crippen LogP contribution is 2.30. The summed E-state index contributed by atoms with van der Waals surface area (Å²) in [6.07, 6.45) is 1.60. The molecule has 0 aliphatic rings. The molecule has 0 radical (unpaired) electrons. The van der Waals surface area contributed by atoms with Gasteiger partial charge in [0.2, 0.25) is 0 Å². The summed E-state index contributed by atoms with van der Waals surface area (Å²) in [5.74, 6) is -0.537. The number of hydrogen-bond acceptors (Lipinski definition) is 4. The van der Waals surface area contributed by atoms with Gasteiger partial charge in [0.25, 0.3) is 15.9 Å². The van der Waals surface area contributed by atoms with Crippen LogP contribution in [0.4, 0.5) is 5.69 Å². The van der Waals surface area contributed by atoms with Crippen molar-refractivity contribution in [1.29, 1.82) is 0 Å². The number of rotatable bonds is 9. The lowest BCUT2D eigenvalue weighted by Crippen LogP contribution is -2.33. The van der Waals surface area contributed by atoms with E-state index >= 15 is 0 Å². The van der Waals surface area contributed by atoms with Gasteiger partial charge in [-0.15, -0.1) is 0 Å². The molecule has 44 heavy (non-hydrogen) atoms. The highest BCUT2D eigenvalue weighted by atomic mass is 35.5. The number of hydrazone groups is 1. The third-order valence-electron chi connectivity index (χ3n) is 7.46. The average molecular weight is 625 g/mol. The van der Waals surface area contributed by atoms with Gasteiger partial charge in [0.15, 0.2) is 0 Å². The molecule has 0 unspecified atom stereocenters. The monoisotopic (exact) mass is 624 g/mol. The highest BCUT2D eigenvalue weighted by Gasteiger charge is 2.28. The summed E-state index contributed by atoms with van der Waals surface area (Å²) in [5, 5.41) is 4.79. The van der Waals surface area contributed by atoms with Crippen LogP contribution in [0.3, 0.4) is 0 Å². The summed E-state index contributed by atoms with van der Waals surface area (Å²) in [6.45, 7) is 7.97. The molecule has 7 nitrogen and oxygen atoms in total. The maximum atomic E-state index is 14.0. The van der Waals surface area contributed by atoms with Crippen LogP contribution in [0.25, 0.3) is 5.69 Å². The third-order valence-corrected chi connectivity index (χ3v) is 9.49. The van der Waals surface area contributed by atoms with E-state index in [4.69, 9.17) is 11.6 Å². The Balaban J connectivity index is 1.47. The number of sulfonamides is 1. The topological polar surface area (TPSA) is 83.8 Å². The number of amides is 1. The van der Waals surface area contributed by atoms with E-state index in [1.165, 1.54) is 4.31 Å². The molecule has 1 aromatic heterocycles. The summed E-state index contributed by atoms with van der Waals surface area (Å²) in [6, 6.07) is 30.3. The van der Waals surface area contributed by atoms with Gasteiger partial charge >= 0.3 is 0 Å². The molecule has 0 saturated carbocycles. The largest absolute Gasteiger partial charge is 0.318 e. The number of benzene rings is 4. The standard InChI is InChI=1S/C35H33ClN4O3S/c1-24-13-19-31(20-14-24)44(42,43)39(23-28-15-17-30(36)18-16-28)34-12-8-6-10-32(34)35(41)38-37-22-29-21-26(3)40(27(29)4)33-11-7-5-9-25(33)2/h5-22H,23H2,1-4H3,(H,38,41). The fraction of sp³-hybridized carbons (Fsp3) is 0.143. The third kappa shape index (κ3) is 6.46. The van der Waals surface area contributed by atoms with Gasteiger partial charge in [-0.05, 0) is 87.4 Å². The minimum atomic E-state index is -4.06. The number of nitrogens with one attached hydrogen (secondary N) is 1. The predicted molar refractivity (Wildman–Crippen MR) is 177 cm³/mol. The number of para-hydroxylation sites is 2. The molecule has 1 heterocycles. The summed E-state index contributed by atoms with van der Waals surface area (Å²) in [7, 11) is -4.06. The molecule has 1 amide bonds. The number of anilines is 1. The van der Waals surface area contributed by atoms with Crippen LogP contribution in [0.1, 0.15) is 44.0 Å². The fourth-order valence-electron chi connectivity index (χ4n) is 5.10. The van der Waals surface area contributed by atoms with Gasteiger partial charge in [-0.2, -0.15) is 5.10 Å². The molecular weight excluding hydrogens is 592 g/mol. The van der Waals surface area contributed by atoms with Gasteiger partial charge in [0, 0.05) is 27.7 Å². The van der Waals surface area contributed by atoms with Crippen LogP contribution in [0.2, 0.25) is 5.02 Å². The van der Waals surface area contributed by atoms with Crippen LogP contribution < -0.4 is 9.73 Å². The lowest BCUT2D eigenvalue weighted by molar-refractivity contribution is 0.0955. The second-order valence-electron chi connectivity index (χ2n) is 10.6. The molecule has 0 aliphatic heterocycles. The SMILES string of the molecule is Cc1ccc(S(=O)(=O)N(Cc2ccc(Cl)cc2)c2ccccc2C(=O)NN=Cc2cc(C)n(-c3ccccc3C)c2C)cc1. The maximum absolute atomic E-state index is 14.0. The van der Waals surface area contributed by atoms with Crippen LogP contribution in [-0.2, 0) is 16.6 Å². The highest BCUT2D eigenvalue weighted by molar-refractivity contribution is 7.92. The first kappa shape index (κ1) is 30.8. The summed E-state index contributed by atoms with van der Waals surface area (Å²) >= 11 is 6.08. The molecule has 224 valence electrons. The Bertz CT molecular complexity index is 1950. The smallest absolute Gasteiger partial charge is 0.273 e. The number of halogens is 1. The number of aromatic nitrogens is 1. The Hall–Kier alpha value is -4.66. The van der Waals surface area contributed by atoms with Crippen molar-refractivity contribution in [2.24, 2.45) is 5.10 Å². The molecule has 0 bridgehead atoms. The zero-order valence-electron chi connectivity index (χ0n) is 25.0. The van der Waals surface area contributed by atoms with Gasteiger partial charge in [-0.1, -0.05) is 71.8 Å². The van der Waals surface area contributed by atoms with Gasteiger partial charge in [0.1, 0.15) is 0 Å². The van der Waals surface area contributed by atoms with Crippen LogP contribution in [0, 0.1) is 27.7 Å². The fourth-order valence-corrected chi connectivity index (χ4v) is 6.70. The molecule has 5 aromatic rings. The quantitative estimate of drug-likeness (QED) is 0.136. The summed E-state index contributed by atoms with van der Waals surface area (Å²) in [4.78, 5) is 13.6. The van der Waals surface area contributed by atoms with Crippen LogP contribution in [-0.4, -0.2) is 25.1 Å². The number of aryl methyl sites for hydroxylation is 3. The summed E-state index contributed by atoms with van der Waals surface area (Å²) in [5.41, 5.74) is 9.74. The Labute approximate surface area is 263 Å². The van der Waals surface area contributed by atoms with E-state index in [2.05, 4.69) is 34.2 Å². The van der Waals surface area contributed by atoms with Gasteiger partial charge in [-0.3, -0.25) is 9.10 Å². The first-order valence-electron chi connectivity index (χ1n) is 14.1. The van der Waals surface area contributed by atoms with Crippen molar-refractivity contribution in [1.82, 2.24) is 9.99 Å².